The highest BCUT2D eigenvalue weighted by Gasteiger charge is 2.13. The van der Waals surface area contributed by atoms with Crippen LogP contribution < -0.4 is 5.73 Å². The number of aliphatic hydroxyl groups is 1. The molecule has 70 valence electrons. The zero-order chi connectivity index (χ0) is 9.56. The van der Waals surface area contributed by atoms with Crippen LogP contribution >= 0.6 is 0 Å². The van der Waals surface area contributed by atoms with Gasteiger partial charge in [-0.15, -0.1) is 0 Å². The van der Waals surface area contributed by atoms with Crippen LogP contribution in [0.3, 0.4) is 0 Å². The molecule has 4 heteroatoms. The van der Waals surface area contributed by atoms with Crippen molar-refractivity contribution < 1.29 is 15.0 Å². The standard InChI is InChI=1S/C6H11NO.C2H4O2/c7-6-2-1-5(3-6)4-8;1-2(3)4/h1-2,5-6,8H,3-4,7H2;1H3,(H,3,4). The minimum absolute atomic E-state index is 0.187. The lowest BCUT2D eigenvalue weighted by Crippen LogP contribution is -2.15. The van der Waals surface area contributed by atoms with Gasteiger partial charge in [0.1, 0.15) is 0 Å². The fourth-order valence-electron chi connectivity index (χ4n) is 0.942. The van der Waals surface area contributed by atoms with Crippen molar-refractivity contribution in [3.63, 3.8) is 0 Å². The number of carboxylic acid groups (broad SMARTS) is 1. The summed E-state index contributed by atoms with van der Waals surface area (Å²) >= 11 is 0. The summed E-state index contributed by atoms with van der Waals surface area (Å²) in [5.74, 6) is -0.509. The molecule has 0 aliphatic heterocycles. The Morgan fingerprint density at radius 1 is 1.67 bits per heavy atom. The summed E-state index contributed by atoms with van der Waals surface area (Å²) in [5.41, 5.74) is 5.50. The van der Waals surface area contributed by atoms with E-state index in [4.69, 9.17) is 20.7 Å². The molecule has 0 spiro atoms. The summed E-state index contributed by atoms with van der Waals surface area (Å²) in [6.07, 6.45) is 4.84. The first kappa shape index (κ1) is 11.1. The summed E-state index contributed by atoms with van der Waals surface area (Å²) in [7, 11) is 0. The molecule has 0 aromatic rings. The van der Waals surface area contributed by atoms with Gasteiger partial charge in [0.05, 0.1) is 0 Å². The second kappa shape index (κ2) is 5.74. The molecule has 0 heterocycles. The molecule has 0 aromatic carbocycles. The molecule has 0 saturated heterocycles. The summed E-state index contributed by atoms with van der Waals surface area (Å²) in [6.45, 7) is 1.32. The largest absolute Gasteiger partial charge is 0.481 e. The maximum absolute atomic E-state index is 9.00. The number of rotatable bonds is 1. The van der Waals surface area contributed by atoms with Gasteiger partial charge in [0, 0.05) is 25.5 Å². The molecule has 0 bridgehead atoms. The molecule has 0 radical (unpaired) electrons. The number of hydrogen-bond donors (Lipinski definition) is 3. The molecule has 0 aromatic heterocycles. The Labute approximate surface area is 71.7 Å². The van der Waals surface area contributed by atoms with Crippen molar-refractivity contribution in [1.29, 1.82) is 0 Å². The average molecular weight is 173 g/mol. The molecule has 12 heavy (non-hydrogen) atoms. The first-order valence-electron chi connectivity index (χ1n) is 3.80. The lowest BCUT2D eigenvalue weighted by Gasteiger charge is -2.02. The van der Waals surface area contributed by atoms with E-state index in [1.54, 1.807) is 0 Å². The Morgan fingerprint density at radius 3 is 2.33 bits per heavy atom. The number of aliphatic carboxylic acids is 1. The van der Waals surface area contributed by atoms with Crippen LogP contribution in [0, 0.1) is 5.92 Å². The van der Waals surface area contributed by atoms with E-state index in [0.717, 1.165) is 13.3 Å². The van der Waals surface area contributed by atoms with Crippen molar-refractivity contribution in [3.05, 3.63) is 12.2 Å². The van der Waals surface area contributed by atoms with Gasteiger partial charge in [-0.25, -0.2) is 0 Å². The third kappa shape index (κ3) is 5.88. The summed E-state index contributed by atoms with van der Waals surface area (Å²) < 4.78 is 0. The van der Waals surface area contributed by atoms with Gasteiger partial charge in [-0.1, -0.05) is 12.2 Å². The smallest absolute Gasteiger partial charge is 0.300 e. The quantitative estimate of drug-likeness (QED) is 0.486. The van der Waals surface area contributed by atoms with Crippen LogP contribution in [0.5, 0.6) is 0 Å². The van der Waals surface area contributed by atoms with E-state index in [1.807, 2.05) is 12.2 Å². The van der Waals surface area contributed by atoms with Crippen molar-refractivity contribution in [1.82, 2.24) is 0 Å². The maximum atomic E-state index is 9.00. The first-order valence-corrected chi connectivity index (χ1v) is 3.80. The molecule has 4 N–H and O–H groups in total. The summed E-state index contributed by atoms with van der Waals surface area (Å²) in [5, 5.41) is 16.0. The predicted octanol–water partition coefficient (Wildman–Crippen LogP) is -0.0270. The lowest BCUT2D eigenvalue weighted by atomic mass is 10.1. The minimum atomic E-state index is -0.833. The normalized spacial score (nSPS) is 26.2. The summed E-state index contributed by atoms with van der Waals surface area (Å²) in [6, 6.07) is 0.187. The van der Waals surface area contributed by atoms with Crippen LogP contribution in [0.1, 0.15) is 13.3 Å². The Hall–Kier alpha value is -0.870. The molecule has 0 fully saturated rings. The Bertz CT molecular complexity index is 164. The number of carboxylic acids is 1. The molecule has 2 atom stereocenters. The van der Waals surface area contributed by atoms with Gasteiger partial charge in [0.2, 0.25) is 0 Å². The third-order valence-electron chi connectivity index (χ3n) is 1.44. The predicted molar refractivity (Wildman–Crippen MR) is 45.6 cm³/mol. The van der Waals surface area contributed by atoms with E-state index in [-0.39, 0.29) is 12.6 Å². The SMILES string of the molecule is CC(=O)O.NC1C=CC(CO)C1. The van der Waals surface area contributed by atoms with Gasteiger partial charge in [0.15, 0.2) is 0 Å². The van der Waals surface area contributed by atoms with Crippen molar-refractivity contribution in [2.24, 2.45) is 11.7 Å². The van der Waals surface area contributed by atoms with Gasteiger partial charge in [-0.2, -0.15) is 0 Å². The van der Waals surface area contributed by atoms with Gasteiger partial charge in [0.25, 0.3) is 5.97 Å². The van der Waals surface area contributed by atoms with Gasteiger partial charge < -0.3 is 15.9 Å². The van der Waals surface area contributed by atoms with Crippen molar-refractivity contribution >= 4 is 5.97 Å². The van der Waals surface area contributed by atoms with E-state index in [1.165, 1.54) is 0 Å². The fraction of sp³-hybridized carbons (Fsp3) is 0.625. The highest BCUT2D eigenvalue weighted by molar-refractivity contribution is 5.62. The number of aliphatic hydroxyl groups excluding tert-OH is 1. The van der Waals surface area contributed by atoms with Gasteiger partial charge >= 0.3 is 0 Å². The van der Waals surface area contributed by atoms with E-state index in [9.17, 15) is 0 Å². The van der Waals surface area contributed by atoms with Crippen LogP contribution in [0.25, 0.3) is 0 Å². The lowest BCUT2D eigenvalue weighted by molar-refractivity contribution is -0.134. The molecule has 1 rings (SSSR count). The second-order valence-corrected chi connectivity index (χ2v) is 2.75. The molecule has 2 unspecified atom stereocenters. The second-order valence-electron chi connectivity index (χ2n) is 2.75. The van der Waals surface area contributed by atoms with Crippen LogP contribution in [-0.4, -0.2) is 28.8 Å². The van der Waals surface area contributed by atoms with Crippen LogP contribution in [-0.2, 0) is 4.79 Å². The number of nitrogens with two attached hydrogens (primary N) is 1. The third-order valence-corrected chi connectivity index (χ3v) is 1.44. The first-order chi connectivity index (χ1) is 5.56. The average Bonchev–Trinajstić information content (AvgIpc) is 2.34. The van der Waals surface area contributed by atoms with Gasteiger partial charge in [-0.05, 0) is 6.42 Å². The zero-order valence-electron chi connectivity index (χ0n) is 7.10. The number of carbonyl (C=O) groups is 1. The van der Waals surface area contributed by atoms with Crippen LogP contribution in [0.2, 0.25) is 0 Å². The fourth-order valence-corrected chi connectivity index (χ4v) is 0.942. The van der Waals surface area contributed by atoms with Gasteiger partial charge in [-0.3, -0.25) is 4.79 Å². The van der Waals surface area contributed by atoms with Crippen molar-refractivity contribution in [2.45, 2.75) is 19.4 Å². The van der Waals surface area contributed by atoms with E-state index in [2.05, 4.69) is 0 Å². The molecule has 0 amide bonds. The molecular weight excluding hydrogens is 158 g/mol. The van der Waals surface area contributed by atoms with E-state index >= 15 is 0 Å². The highest BCUT2D eigenvalue weighted by Crippen LogP contribution is 2.14. The van der Waals surface area contributed by atoms with Crippen LogP contribution in [0.4, 0.5) is 0 Å². The Kier molecular flexibility index (Phi) is 5.32. The number of hydrogen-bond acceptors (Lipinski definition) is 3. The van der Waals surface area contributed by atoms with E-state index in [0.29, 0.717) is 5.92 Å². The monoisotopic (exact) mass is 173 g/mol. The molecule has 1 aliphatic rings. The zero-order valence-corrected chi connectivity index (χ0v) is 7.10. The van der Waals surface area contributed by atoms with Crippen LogP contribution in [0.15, 0.2) is 12.2 Å². The molecular formula is C8H15NO3. The Balaban J connectivity index is 0.000000261. The minimum Gasteiger partial charge on any atom is -0.481 e. The topological polar surface area (TPSA) is 83.5 Å². The maximum Gasteiger partial charge on any atom is 0.300 e. The molecule has 0 saturated carbocycles. The molecule has 1 aliphatic carbocycles. The Morgan fingerprint density at radius 2 is 2.17 bits per heavy atom. The highest BCUT2D eigenvalue weighted by atomic mass is 16.4. The summed E-state index contributed by atoms with van der Waals surface area (Å²) in [4.78, 5) is 9.00. The van der Waals surface area contributed by atoms with Crippen molar-refractivity contribution in [2.75, 3.05) is 6.61 Å². The van der Waals surface area contributed by atoms with Crippen molar-refractivity contribution in [3.8, 4) is 0 Å². The molecule has 4 nitrogen and oxygen atoms in total. The van der Waals surface area contributed by atoms with E-state index < -0.39 is 5.97 Å².